The highest BCUT2D eigenvalue weighted by Crippen LogP contribution is 2.42. The molecule has 0 saturated heterocycles. The van der Waals surface area contributed by atoms with Gasteiger partial charge in [0, 0.05) is 33.6 Å². The molecule has 0 aliphatic heterocycles. The van der Waals surface area contributed by atoms with Gasteiger partial charge in [-0.1, -0.05) is 66.7 Å². The van der Waals surface area contributed by atoms with Crippen LogP contribution in [0.5, 0.6) is 0 Å². The van der Waals surface area contributed by atoms with E-state index in [0.29, 0.717) is 5.52 Å². The van der Waals surface area contributed by atoms with Crippen molar-refractivity contribution in [1.29, 1.82) is 0 Å². The molecule has 4 aromatic carbocycles. The first-order chi connectivity index (χ1) is 16.5. The lowest BCUT2D eigenvalue weighted by Crippen LogP contribution is -2.11. The van der Waals surface area contributed by atoms with E-state index in [1.165, 1.54) is 16.1 Å². The third kappa shape index (κ3) is 3.15. The molecule has 0 bridgehead atoms. The van der Waals surface area contributed by atoms with Crippen LogP contribution in [-0.4, -0.2) is 17.4 Å². The smallest absolute Gasteiger partial charge is 0.268 e. The van der Waals surface area contributed by atoms with Gasteiger partial charge in [0.05, 0.1) is 16.1 Å². The van der Waals surface area contributed by atoms with Crippen LogP contribution in [-0.2, 0) is 10.0 Å². The summed E-state index contributed by atoms with van der Waals surface area (Å²) in [6.45, 7) is 0. The van der Waals surface area contributed by atoms with Gasteiger partial charge in [-0.3, -0.25) is 0 Å². The van der Waals surface area contributed by atoms with Crippen LogP contribution in [0.4, 0.5) is 4.39 Å². The number of fused-ring (bicyclic) bond motifs is 2. The molecule has 1 N–H and O–H groups in total. The predicted molar refractivity (Wildman–Crippen MR) is 134 cm³/mol. The number of aromatic nitrogens is 2. The maximum Gasteiger partial charge on any atom is 0.268 e. The van der Waals surface area contributed by atoms with E-state index in [2.05, 4.69) is 4.98 Å². The summed E-state index contributed by atoms with van der Waals surface area (Å²) >= 11 is 0. The average molecular weight is 467 g/mol. The minimum atomic E-state index is -3.82. The van der Waals surface area contributed by atoms with Gasteiger partial charge in [0.25, 0.3) is 10.0 Å². The predicted octanol–water partition coefficient (Wildman–Crippen LogP) is 6.83. The fourth-order valence-corrected chi connectivity index (χ4v) is 5.92. The van der Waals surface area contributed by atoms with E-state index in [4.69, 9.17) is 0 Å². The Bertz CT molecular complexity index is 1770. The highest BCUT2D eigenvalue weighted by Gasteiger charge is 2.24. The minimum Gasteiger partial charge on any atom is -0.354 e. The Morgan fingerprint density at radius 1 is 0.735 bits per heavy atom. The molecule has 34 heavy (non-hydrogen) atoms. The molecule has 0 spiro atoms. The molecule has 2 heterocycles. The second kappa shape index (κ2) is 7.71. The minimum absolute atomic E-state index is 0.212. The first-order valence-electron chi connectivity index (χ1n) is 10.8. The van der Waals surface area contributed by atoms with Crippen molar-refractivity contribution in [2.45, 2.75) is 4.90 Å². The van der Waals surface area contributed by atoms with E-state index in [9.17, 15) is 12.8 Å². The van der Waals surface area contributed by atoms with Crippen LogP contribution < -0.4 is 0 Å². The first-order valence-corrected chi connectivity index (χ1v) is 12.3. The van der Waals surface area contributed by atoms with Crippen LogP contribution in [0.3, 0.4) is 0 Å². The monoisotopic (exact) mass is 466 g/mol. The molecular formula is C28H19FN2O2S. The summed E-state index contributed by atoms with van der Waals surface area (Å²) < 4.78 is 42.7. The Hall–Kier alpha value is -4.16. The number of benzene rings is 4. The van der Waals surface area contributed by atoms with Gasteiger partial charge in [0.2, 0.25) is 0 Å². The highest BCUT2D eigenvalue weighted by molar-refractivity contribution is 7.90. The molecule has 6 aromatic rings. The van der Waals surface area contributed by atoms with E-state index in [-0.39, 0.29) is 10.7 Å². The summed E-state index contributed by atoms with van der Waals surface area (Å²) in [5, 5.41) is 1.52. The van der Waals surface area contributed by atoms with Crippen LogP contribution in [0.2, 0.25) is 0 Å². The van der Waals surface area contributed by atoms with Crippen LogP contribution in [0, 0.1) is 5.82 Å². The number of rotatable bonds is 4. The summed E-state index contributed by atoms with van der Waals surface area (Å²) in [6, 6.07) is 30.1. The normalized spacial score (nSPS) is 11.9. The second-order valence-corrected chi connectivity index (χ2v) is 9.92. The van der Waals surface area contributed by atoms with Gasteiger partial charge >= 0.3 is 0 Å². The standard InChI is InChI=1S/C28H19FN2O2S/c29-20-15-16-25-23(17-20)27(19-9-3-1-4-10-19)28(30-25)24-18-31(26-14-8-7-13-22(24)26)34(32,33)21-11-5-2-6-12-21/h1-18,30H. The number of hydrogen-bond acceptors (Lipinski definition) is 2. The molecule has 6 rings (SSSR count). The van der Waals surface area contributed by atoms with Crippen molar-refractivity contribution in [3.05, 3.63) is 115 Å². The van der Waals surface area contributed by atoms with E-state index in [0.717, 1.165) is 38.7 Å². The SMILES string of the molecule is O=S(=O)(c1ccccc1)n1cc(-c2[nH]c3ccc(F)cc3c2-c2ccccc2)c2ccccc21. The quantitative estimate of drug-likeness (QED) is 0.309. The van der Waals surface area contributed by atoms with E-state index in [1.54, 1.807) is 48.7 Å². The van der Waals surface area contributed by atoms with Crippen molar-refractivity contribution in [3.8, 4) is 22.4 Å². The second-order valence-electron chi connectivity index (χ2n) is 8.10. The topological polar surface area (TPSA) is 54.9 Å². The third-order valence-electron chi connectivity index (χ3n) is 6.07. The van der Waals surface area contributed by atoms with E-state index in [1.807, 2.05) is 48.5 Å². The number of nitrogens with one attached hydrogen (secondary N) is 1. The van der Waals surface area contributed by atoms with Crippen molar-refractivity contribution in [2.24, 2.45) is 0 Å². The molecule has 0 atom stereocenters. The molecule has 0 fully saturated rings. The van der Waals surface area contributed by atoms with Gasteiger partial charge in [0.15, 0.2) is 0 Å². The van der Waals surface area contributed by atoms with Gasteiger partial charge in [-0.25, -0.2) is 16.8 Å². The van der Waals surface area contributed by atoms with E-state index >= 15 is 0 Å². The Labute approximate surface area is 196 Å². The molecule has 0 amide bonds. The molecule has 0 radical (unpaired) electrons. The van der Waals surface area contributed by atoms with Crippen molar-refractivity contribution in [2.75, 3.05) is 0 Å². The lowest BCUT2D eigenvalue weighted by molar-refractivity contribution is 0.589. The zero-order valence-corrected chi connectivity index (χ0v) is 18.8. The molecule has 2 aromatic heterocycles. The Morgan fingerprint density at radius 3 is 2.18 bits per heavy atom. The largest absolute Gasteiger partial charge is 0.354 e. The van der Waals surface area contributed by atoms with Gasteiger partial charge in [-0.05, 0) is 42.0 Å². The van der Waals surface area contributed by atoms with Gasteiger partial charge in [-0.2, -0.15) is 0 Å². The summed E-state index contributed by atoms with van der Waals surface area (Å²) in [5.41, 5.74) is 4.56. The van der Waals surface area contributed by atoms with Crippen molar-refractivity contribution < 1.29 is 12.8 Å². The van der Waals surface area contributed by atoms with E-state index < -0.39 is 10.0 Å². The lowest BCUT2D eigenvalue weighted by atomic mass is 9.98. The number of halogens is 1. The number of H-pyrrole nitrogens is 1. The molecule has 4 nitrogen and oxygen atoms in total. The van der Waals surface area contributed by atoms with Gasteiger partial charge in [0.1, 0.15) is 5.82 Å². The zero-order chi connectivity index (χ0) is 23.3. The summed E-state index contributed by atoms with van der Waals surface area (Å²) in [7, 11) is -3.82. The Morgan fingerprint density at radius 2 is 1.41 bits per heavy atom. The van der Waals surface area contributed by atoms with Crippen molar-refractivity contribution in [1.82, 2.24) is 8.96 Å². The maximum atomic E-state index is 14.2. The van der Waals surface area contributed by atoms with Crippen LogP contribution in [0.1, 0.15) is 0 Å². The third-order valence-corrected chi connectivity index (χ3v) is 7.76. The molecule has 0 aliphatic carbocycles. The number of nitrogens with zero attached hydrogens (tertiary/aromatic N) is 1. The fraction of sp³-hybridized carbons (Fsp3) is 0. The van der Waals surface area contributed by atoms with Gasteiger partial charge in [-0.15, -0.1) is 0 Å². The van der Waals surface area contributed by atoms with Crippen LogP contribution in [0.25, 0.3) is 44.2 Å². The van der Waals surface area contributed by atoms with Crippen molar-refractivity contribution in [3.63, 3.8) is 0 Å². The fourth-order valence-electron chi connectivity index (χ4n) is 4.52. The molecule has 0 saturated carbocycles. The molecule has 6 heteroatoms. The maximum absolute atomic E-state index is 14.2. The molecular weight excluding hydrogens is 447 g/mol. The average Bonchev–Trinajstić information content (AvgIpc) is 3.44. The van der Waals surface area contributed by atoms with Crippen molar-refractivity contribution >= 4 is 31.8 Å². The molecule has 166 valence electrons. The summed E-state index contributed by atoms with van der Waals surface area (Å²) in [4.78, 5) is 3.64. The number of aromatic amines is 1. The Kier molecular flexibility index (Phi) is 4.64. The first kappa shape index (κ1) is 20.4. The number of hydrogen-bond donors (Lipinski definition) is 1. The number of para-hydroxylation sites is 1. The summed E-state index contributed by atoms with van der Waals surface area (Å²) in [6.07, 6.45) is 1.65. The van der Waals surface area contributed by atoms with Crippen LogP contribution >= 0.6 is 0 Å². The highest BCUT2D eigenvalue weighted by atomic mass is 32.2. The molecule has 0 aliphatic rings. The zero-order valence-electron chi connectivity index (χ0n) is 17.9. The molecule has 0 unspecified atom stereocenters. The van der Waals surface area contributed by atoms with Gasteiger partial charge < -0.3 is 4.98 Å². The lowest BCUT2D eigenvalue weighted by Gasteiger charge is -2.07. The Balaban J connectivity index is 1.69. The summed E-state index contributed by atoms with van der Waals surface area (Å²) in [5.74, 6) is -0.329. The van der Waals surface area contributed by atoms with Crippen LogP contribution in [0.15, 0.2) is 114 Å².